The number of benzene rings is 2. The highest BCUT2D eigenvalue weighted by atomic mass is 19.3. The van der Waals surface area contributed by atoms with E-state index in [1.54, 1.807) is 24.3 Å². The summed E-state index contributed by atoms with van der Waals surface area (Å²) in [4.78, 5) is 2.28. The number of H-pyrrole nitrogens is 1. The maximum atomic E-state index is 15.0. The lowest BCUT2D eigenvalue weighted by Crippen LogP contribution is -2.36. The van der Waals surface area contributed by atoms with Gasteiger partial charge in [-0.25, -0.2) is 13.2 Å². The molecule has 2 aromatic heterocycles. The van der Waals surface area contributed by atoms with Gasteiger partial charge in [0.2, 0.25) is 6.30 Å². The number of anilines is 1. The van der Waals surface area contributed by atoms with Crippen LogP contribution in [0.3, 0.4) is 0 Å². The molecule has 35 heavy (non-hydrogen) atoms. The molecule has 1 saturated heterocycles. The molecule has 4 aromatic rings. The molecule has 0 radical (unpaired) electrons. The molecule has 3 heterocycles. The third-order valence-corrected chi connectivity index (χ3v) is 6.77. The van der Waals surface area contributed by atoms with Gasteiger partial charge in [0.05, 0.1) is 22.9 Å². The van der Waals surface area contributed by atoms with E-state index in [0.29, 0.717) is 22.3 Å². The molecule has 9 heteroatoms. The first-order chi connectivity index (χ1) is 16.9. The highest BCUT2D eigenvalue weighted by Crippen LogP contribution is 2.38. The fraction of sp³-hybridized carbons (Fsp3) is 0.346. The molecule has 2 unspecified atom stereocenters. The van der Waals surface area contributed by atoms with Crippen LogP contribution in [-0.4, -0.2) is 52.3 Å². The van der Waals surface area contributed by atoms with E-state index < -0.39 is 18.8 Å². The van der Waals surface area contributed by atoms with Crippen LogP contribution in [0.15, 0.2) is 60.7 Å². The Morgan fingerprint density at radius 3 is 2.49 bits per heavy atom. The summed E-state index contributed by atoms with van der Waals surface area (Å²) in [6, 6.07) is 18.0. The zero-order valence-corrected chi connectivity index (χ0v) is 19.5. The number of aromatic amines is 1. The van der Waals surface area contributed by atoms with Crippen molar-refractivity contribution in [1.29, 1.82) is 0 Å². The van der Waals surface area contributed by atoms with E-state index in [-0.39, 0.29) is 11.7 Å². The number of aromatic nitrogens is 3. The van der Waals surface area contributed by atoms with Crippen LogP contribution in [-0.2, 0) is 0 Å². The van der Waals surface area contributed by atoms with Crippen LogP contribution in [0, 0.1) is 0 Å². The van der Waals surface area contributed by atoms with E-state index in [0.717, 1.165) is 41.7 Å². The highest BCUT2D eigenvalue weighted by molar-refractivity contribution is 5.96. The Morgan fingerprint density at radius 2 is 1.77 bits per heavy atom. The minimum Gasteiger partial charge on any atom is -0.382 e. The number of hydrogen-bond donors (Lipinski definition) is 3. The van der Waals surface area contributed by atoms with Crippen molar-refractivity contribution in [3.05, 3.63) is 71.9 Å². The monoisotopic (exact) mass is 482 g/mol. The molecule has 1 aliphatic heterocycles. The van der Waals surface area contributed by atoms with Crippen molar-refractivity contribution in [3.8, 4) is 11.4 Å². The third kappa shape index (κ3) is 4.66. The summed E-state index contributed by atoms with van der Waals surface area (Å²) >= 11 is 0. The normalized spacial score (nSPS) is 17.2. The van der Waals surface area contributed by atoms with Crippen molar-refractivity contribution in [2.45, 2.75) is 37.6 Å². The number of piperidine rings is 1. The van der Waals surface area contributed by atoms with Gasteiger partial charge in [0.1, 0.15) is 5.69 Å². The molecule has 6 nitrogen and oxygen atoms in total. The van der Waals surface area contributed by atoms with Crippen molar-refractivity contribution in [1.82, 2.24) is 19.7 Å². The summed E-state index contributed by atoms with van der Waals surface area (Å²) in [5, 5.41) is 11.5. The number of alkyl halides is 3. The number of likely N-dealkylation sites (tertiary alicyclic amines) is 1. The Balaban J connectivity index is 1.55. The molecular formula is C26H29F3N6. The molecule has 1 aliphatic rings. The van der Waals surface area contributed by atoms with Gasteiger partial charge in [-0.05, 0) is 62.8 Å². The molecule has 184 valence electrons. The third-order valence-electron chi connectivity index (χ3n) is 6.77. The minimum atomic E-state index is -3.18. The lowest BCUT2D eigenvalue weighted by molar-refractivity contribution is 0.0115. The van der Waals surface area contributed by atoms with E-state index in [1.165, 1.54) is 0 Å². The molecule has 2 atom stereocenters. The van der Waals surface area contributed by atoms with Crippen LogP contribution in [0.4, 0.5) is 18.9 Å². The summed E-state index contributed by atoms with van der Waals surface area (Å²) in [7, 11) is 2.09. The Kier molecular flexibility index (Phi) is 6.53. The molecule has 1 fully saturated rings. The van der Waals surface area contributed by atoms with E-state index >= 15 is 0 Å². The summed E-state index contributed by atoms with van der Waals surface area (Å²) in [5.41, 5.74) is 9.69. The number of rotatable bonds is 7. The molecule has 4 N–H and O–H groups in total. The van der Waals surface area contributed by atoms with Gasteiger partial charge in [-0.2, -0.15) is 5.10 Å². The molecule has 5 rings (SSSR count). The average molecular weight is 483 g/mol. The standard InChI is InChI=1S/C26H29F3N6/c1-34-12-10-17(11-13-34)31-19-8-5-9-22-18(19)14-23(35(22)26(29)25(27)28)20-15-21(33-32-20)24(30)16-6-3-2-4-7-16/h2-9,14-15,17,24-26,31H,10-13,30H2,1H3,(H,32,33). The molecule has 2 aromatic carbocycles. The first-order valence-corrected chi connectivity index (χ1v) is 11.8. The van der Waals surface area contributed by atoms with Crippen molar-refractivity contribution in [2.24, 2.45) is 5.73 Å². The largest absolute Gasteiger partial charge is 0.382 e. The first-order valence-electron chi connectivity index (χ1n) is 11.8. The number of nitrogens with zero attached hydrogens (tertiary/aromatic N) is 3. The Labute approximate surface area is 201 Å². The van der Waals surface area contributed by atoms with Gasteiger partial charge in [-0.3, -0.25) is 5.10 Å². The summed E-state index contributed by atoms with van der Waals surface area (Å²) in [6.07, 6.45) is -3.74. The van der Waals surface area contributed by atoms with Gasteiger partial charge >= 0.3 is 0 Å². The Morgan fingerprint density at radius 1 is 1.03 bits per heavy atom. The number of fused-ring (bicyclic) bond motifs is 1. The lowest BCUT2D eigenvalue weighted by Gasteiger charge is -2.30. The molecule has 0 saturated carbocycles. The minimum absolute atomic E-state index is 0.265. The second-order valence-electron chi connectivity index (χ2n) is 9.16. The molecular weight excluding hydrogens is 453 g/mol. The van der Waals surface area contributed by atoms with Crippen LogP contribution in [0.2, 0.25) is 0 Å². The topological polar surface area (TPSA) is 74.9 Å². The summed E-state index contributed by atoms with van der Waals surface area (Å²) < 4.78 is 43.2. The molecule has 0 spiro atoms. The lowest BCUT2D eigenvalue weighted by atomic mass is 10.0. The Bertz CT molecular complexity index is 1280. The van der Waals surface area contributed by atoms with Gasteiger partial charge in [0.15, 0.2) is 0 Å². The predicted octanol–water partition coefficient (Wildman–Crippen LogP) is 5.32. The fourth-order valence-electron chi connectivity index (χ4n) is 4.79. The fourth-order valence-corrected chi connectivity index (χ4v) is 4.79. The zero-order valence-electron chi connectivity index (χ0n) is 19.5. The summed E-state index contributed by atoms with van der Waals surface area (Å²) in [6.45, 7) is 1.96. The number of hydrogen-bond acceptors (Lipinski definition) is 4. The number of nitrogens with one attached hydrogen (secondary N) is 2. The SMILES string of the molecule is CN1CCC(Nc2cccc3c2cc(-c2cc(C(N)c4ccccc4)[nH]n2)n3C(F)C(F)F)CC1. The van der Waals surface area contributed by atoms with Crippen molar-refractivity contribution in [3.63, 3.8) is 0 Å². The van der Waals surface area contributed by atoms with Crippen molar-refractivity contribution >= 4 is 16.6 Å². The predicted molar refractivity (Wildman–Crippen MR) is 132 cm³/mol. The van der Waals surface area contributed by atoms with Crippen molar-refractivity contribution < 1.29 is 13.2 Å². The first kappa shape index (κ1) is 23.4. The van der Waals surface area contributed by atoms with E-state index in [9.17, 15) is 13.2 Å². The van der Waals surface area contributed by atoms with Gasteiger partial charge in [-0.1, -0.05) is 36.4 Å². The Hall–Kier alpha value is -3.30. The number of nitrogens with two attached hydrogens (primary N) is 1. The highest BCUT2D eigenvalue weighted by Gasteiger charge is 2.28. The van der Waals surface area contributed by atoms with Gasteiger partial charge in [0, 0.05) is 17.1 Å². The quantitative estimate of drug-likeness (QED) is 0.333. The van der Waals surface area contributed by atoms with E-state index in [4.69, 9.17) is 5.73 Å². The van der Waals surface area contributed by atoms with Crippen molar-refractivity contribution in [2.75, 3.05) is 25.5 Å². The zero-order chi connectivity index (χ0) is 24.5. The molecule has 0 aliphatic carbocycles. The maximum Gasteiger partial charge on any atom is 0.288 e. The van der Waals surface area contributed by atoms with Gasteiger partial charge in [-0.15, -0.1) is 0 Å². The van der Waals surface area contributed by atoms with Gasteiger partial charge in [0.25, 0.3) is 6.43 Å². The molecule has 0 amide bonds. The van der Waals surface area contributed by atoms with Crippen LogP contribution in [0.5, 0.6) is 0 Å². The average Bonchev–Trinajstić information content (AvgIpc) is 3.51. The van der Waals surface area contributed by atoms with E-state index in [2.05, 4.69) is 27.5 Å². The smallest absolute Gasteiger partial charge is 0.288 e. The van der Waals surface area contributed by atoms with Gasteiger partial charge < -0.3 is 20.5 Å². The van der Waals surface area contributed by atoms with Crippen LogP contribution < -0.4 is 11.1 Å². The van der Waals surface area contributed by atoms with Crippen LogP contribution in [0.25, 0.3) is 22.3 Å². The van der Waals surface area contributed by atoms with Crippen LogP contribution in [0.1, 0.15) is 36.4 Å². The second kappa shape index (κ2) is 9.75. The second-order valence-corrected chi connectivity index (χ2v) is 9.16. The maximum absolute atomic E-state index is 15.0. The van der Waals surface area contributed by atoms with Crippen LogP contribution >= 0.6 is 0 Å². The summed E-state index contributed by atoms with van der Waals surface area (Å²) in [5.74, 6) is 0. The molecule has 0 bridgehead atoms. The number of halogens is 3. The van der Waals surface area contributed by atoms with E-state index in [1.807, 2.05) is 36.4 Å².